The molecule has 28 heavy (non-hydrogen) atoms. The van der Waals surface area contributed by atoms with Crippen LogP contribution in [0.3, 0.4) is 0 Å². The minimum atomic E-state index is -0.602. The number of benzene rings is 2. The number of anilines is 1. The van der Waals surface area contributed by atoms with Gasteiger partial charge in [0.2, 0.25) is 0 Å². The van der Waals surface area contributed by atoms with Crippen molar-refractivity contribution in [1.29, 1.82) is 0 Å². The van der Waals surface area contributed by atoms with Crippen molar-refractivity contribution in [1.82, 2.24) is 5.32 Å². The number of nitro groups is 1. The third-order valence-electron chi connectivity index (χ3n) is 3.39. The normalized spacial score (nSPS) is 10.5. The van der Waals surface area contributed by atoms with Gasteiger partial charge in [0.15, 0.2) is 5.11 Å². The summed E-state index contributed by atoms with van der Waals surface area (Å²) >= 11 is 14.3. The number of carbonyl (C=O) groups excluding carboxylic acids is 1. The Morgan fingerprint density at radius 2 is 2.04 bits per heavy atom. The van der Waals surface area contributed by atoms with Gasteiger partial charge < -0.3 is 10.1 Å². The van der Waals surface area contributed by atoms with Crippen LogP contribution in [-0.4, -0.2) is 22.5 Å². The largest absolute Gasteiger partial charge is 0.492 e. The molecule has 0 aromatic heterocycles. The average Bonchev–Trinajstić information content (AvgIpc) is 2.61. The summed E-state index contributed by atoms with van der Waals surface area (Å²) in [5, 5.41) is 16.2. The lowest BCUT2D eigenvalue weighted by Gasteiger charge is -2.12. The molecular formula is C18H17BrClN3O4S. The van der Waals surface area contributed by atoms with E-state index in [9.17, 15) is 14.9 Å². The monoisotopic (exact) mass is 485 g/mol. The van der Waals surface area contributed by atoms with E-state index < -0.39 is 10.8 Å². The second-order valence-corrected chi connectivity index (χ2v) is 7.85. The van der Waals surface area contributed by atoms with Gasteiger partial charge in [-0.2, -0.15) is 0 Å². The lowest BCUT2D eigenvalue weighted by Crippen LogP contribution is -2.34. The number of hydrogen-bond acceptors (Lipinski definition) is 5. The molecule has 0 bridgehead atoms. The van der Waals surface area contributed by atoms with E-state index in [1.54, 1.807) is 18.2 Å². The molecule has 2 aromatic carbocycles. The molecular weight excluding hydrogens is 470 g/mol. The number of amides is 1. The zero-order chi connectivity index (χ0) is 20.8. The third-order valence-corrected chi connectivity index (χ3v) is 4.54. The number of nitrogens with zero attached hydrogens (tertiary/aromatic N) is 1. The van der Waals surface area contributed by atoms with E-state index in [1.807, 2.05) is 13.8 Å². The summed E-state index contributed by atoms with van der Waals surface area (Å²) < 4.78 is 6.30. The molecule has 0 spiro atoms. The van der Waals surface area contributed by atoms with Crippen LogP contribution in [0.4, 0.5) is 11.4 Å². The number of ether oxygens (including phenoxy) is 1. The van der Waals surface area contributed by atoms with Gasteiger partial charge in [0, 0.05) is 17.3 Å². The van der Waals surface area contributed by atoms with E-state index in [-0.39, 0.29) is 15.8 Å². The zero-order valence-electron chi connectivity index (χ0n) is 15.0. The topological polar surface area (TPSA) is 93.5 Å². The molecule has 0 unspecified atom stereocenters. The number of halogens is 2. The maximum absolute atomic E-state index is 12.4. The smallest absolute Gasteiger partial charge is 0.289 e. The molecule has 0 saturated heterocycles. The number of thiocarbonyl (C=S) groups is 1. The van der Waals surface area contributed by atoms with Crippen molar-refractivity contribution in [3.63, 3.8) is 0 Å². The maximum atomic E-state index is 12.4. The molecule has 10 heteroatoms. The van der Waals surface area contributed by atoms with Crippen molar-refractivity contribution >= 4 is 62.1 Å². The molecule has 7 nitrogen and oxygen atoms in total. The highest BCUT2D eigenvalue weighted by Gasteiger charge is 2.15. The molecule has 0 radical (unpaired) electrons. The Bertz CT molecular complexity index is 924. The van der Waals surface area contributed by atoms with Crippen LogP contribution >= 0.6 is 39.7 Å². The van der Waals surface area contributed by atoms with Crippen LogP contribution in [0.15, 0.2) is 40.9 Å². The Morgan fingerprint density at radius 3 is 2.64 bits per heavy atom. The van der Waals surface area contributed by atoms with E-state index in [4.69, 9.17) is 28.6 Å². The lowest BCUT2D eigenvalue weighted by molar-refractivity contribution is -0.384. The first-order valence-electron chi connectivity index (χ1n) is 8.16. The van der Waals surface area contributed by atoms with Crippen LogP contribution < -0.4 is 15.4 Å². The van der Waals surface area contributed by atoms with Crippen LogP contribution in [0, 0.1) is 16.0 Å². The first kappa shape index (κ1) is 22.1. The SMILES string of the molecule is CC(C)COc1ccc(C(=O)NC(=S)Nc2ccc(Cl)c([N+](=O)[O-])c2)cc1Br. The van der Waals surface area contributed by atoms with Crippen molar-refractivity contribution in [3.8, 4) is 5.75 Å². The lowest BCUT2D eigenvalue weighted by atomic mass is 10.2. The molecule has 2 rings (SSSR count). The summed E-state index contributed by atoms with van der Waals surface area (Å²) in [7, 11) is 0. The molecule has 0 heterocycles. The number of nitro benzene ring substituents is 1. The van der Waals surface area contributed by atoms with Gasteiger partial charge in [0.05, 0.1) is 16.0 Å². The van der Waals surface area contributed by atoms with Crippen molar-refractivity contribution < 1.29 is 14.5 Å². The van der Waals surface area contributed by atoms with E-state index in [1.165, 1.54) is 18.2 Å². The Balaban J connectivity index is 2.02. The van der Waals surface area contributed by atoms with Crippen molar-refractivity contribution in [3.05, 3.63) is 61.6 Å². The van der Waals surface area contributed by atoms with E-state index >= 15 is 0 Å². The highest BCUT2D eigenvalue weighted by molar-refractivity contribution is 9.10. The first-order valence-corrected chi connectivity index (χ1v) is 9.74. The van der Waals surface area contributed by atoms with Gasteiger partial charge in [-0.1, -0.05) is 25.4 Å². The maximum Gasteiger partial charge on any atom is 0.289 e. The molecule has 2 N–H and O–H groups in total. The molecule has 0 saturated carbocycles. The Morgan fingerprint density at radius 1 is 1.32 bits per heavy atom. The molecule has 0 aliphatic carbocycles. The Labute approximate surface area is 180 Å². The molecule has 2 aromatic rings. The van der Waals surface area contributed by atoms with Crippen LogP contribution in [-0.2, 0) is 0 Å². The van der Waals surface area contributed by atoms with Gasteiger partial charge in [-0.25, -0.2) is 0 Å². The van der Waals surface area contributed by atoms with Crippen LogP contribution in [0.5, 0.6) is 5.75 Å². The highest BCUT2D eigenvalue weighted by Crippen LogP contribution is 2.28. The van der Waals surface area contributed by atoms with E-state index in [0.717, 1.165) is 0 Å². The number of nitrogens with one attached hydrogen (secondary N) is 2. The molecule has 1 amide bonds. The van der Waals surface area contributed by atoms with Gasteiger partial charge >= 0.3 is 0 Å². The third kappa shape index (κ3) is 6.15. The summed E-state index contributed by atoms with van der Waals surface area (Å²) in [6, 6.07) is 9.07. The second-order valence-electron chi connectivity index (χ2n) is 6.18. The first-order chi connectivity index (χ1) is 13.2. The minimum Gasteiger partial charge on any atom is -0.492 e. The summed E-state index contributed by atoms with van der Waals surface area (Å²) in [5.74, 6) is 0.582. The zero-order valence-corrected chi connectivity index (χ0v) is 18.2. The number of hydrogen-bond donors (Lipinski definition) is 2. The summed E-state index contributed by atoms with van der Waals surface area (Å²) in [6.07, 6.45) is 0. The van der Waals surface area contributed by atoms with Crippen molar-refractivity contribution in [2.75, 3.05) is 11.9 Å². The van der Waals surface area contributed by atoms with Crippen molar-refractivity contribution in [2.24, 2.45) is 5.92 Å². The highest BCUT2D eigenvalue weighted by atomic mass is 79.9. The summed E-state index contributed by atoms with van der Waals surface area (Å²) in [4.78, 5) is 22.7. The fourth-order valence-electron chi connectivity index (χ4n) is 2.08. The molecule has 0 aliphatic heterocycles. The summed E-state index contributed by atoms with van der Waals surface area (Å²) in [5.41, 5.74) is 0.441. The number of carbonyl (C=O) groups is 1. The summed E-state index contributed by atoms with van der Waals surface area (Å²) in [6.45, 7) is 4.64. The van der Waals surface area contributed by atoms with Crippen LogP contribution in [0.2, 0.25) is 5.02 Å². The van der Waals surface area contributed by atoms with Gasteiger partial charge in [0.25, 0.3) is 11.6 Å². The van der Waals surface area contributed by atoms with Crippen LogP contribution in [0.25, 0.3) is 0 Å². The Kier molecular flexibility index (Phi) is 7.73. The minimum absolute atomic E-state index is 0.00197. The quantitative estimate of drug-likeness (QED) is 0.332. The van der Waals surface area contributed by atoms with Gasteiger partial charge in [0.1, 0.15) is 10.8 Å². The fourth-order valence-corrected chi connectivity index (χ4v) is 2.97. The molecule has 148 valence electrons. The predicted octanol–water partition coefficient (Wildman–Crippen LogP) is 5.17. The second kappa shape index (κ2) is 9.81. The molecule has 0 aliphatic rings. The van der Waals surface area contributed by atoms with Gasteiger partial charge in [-0.05, 0) is 64.4 Å². The molecule has 0 atom stereocenters. The van der Waals surface area contributed by atoms with Crippen molar-refractivity contribution in [2.45, 2.75) is 13.8 Å². The predicted molar refractivity (Wildman–Crippen MR) is 116 cm³/mol. The van der Waals surface area contributed by atoms with Gasteiger partial charge in [-0.3, -0.25) is 20.2 Å². The van der Waals surface area contributed by atoms with E-state index in [2.05, 4.69) is 26.6 Å². The fraction of sp³-hybridized carbons (Fsp3) is 0.222. The van der Waals surface area contributed by atoms with Gasteiger partial charge in [-0.15, -0.1) is 0 Å². The van der Waals surface area contributed by atoms with Crippen LogP contribution in [0.1, 0.15) is 24.2 Å². The average molecular weight is 487 g/mol. The Hall–Kier alpha value is -2.23. The number of rotatable bonds is 6. The standard InChI is InChI=1S/C18H17BrClN3O4S/c1-10(2)9-27-16-6-3-11(7-13(16)19)17(24)22-18(28)21-12-4-5-14(20)15(8-12)23(25)26/h3-8,10H,9H2,1-2H3,(H2,21,22,24,28). The van der Waals surface area contributed by atoms with E-state index in [0.29, 0.717) is 34.0 Å². The molecule has 0 fully saturated rings.